The highest BCUT2D eigenvalue weighted by atomic mass is 15.2. The number of aliphatic imine (C=N–C) groups is 1. The maximum atomic E-state index is 8.94. The molecule has 0 atom stereocenters. The number of aromatic nitrogens is 2. The molecule has 1 aromatic rings. The molecule has 0 saturated heterocycles. The van der Waals surface area contributed by atoms with Crippen LogP contribution in [0.1, 0.15) is 31.5 Å². The molecule has 5 N–H and O–H groups in total. The van der Waals surface area contributed by atoms with Crippen molar-refractivity contribution < 1.29 is 0 Å². The predicted octanol–water partition coefficient (Wildman–Crippen LogP) is 0.371. The van der Waals surface area contributed by atoms with Crippen LogP contribution in [0.3, 0.4) is 0 Å². The summed E-state index contributed by atoms with van der Waals surface area (Å²) in [4.78, 5) is 4.43. The summed E-state index contributed by atoms with van der Waals surface area (Å²) in [6.45, 7) is 6.40. The summed E-state index contributed by atoms with van der Waals surface area (Å²) in [5.41, 5.74) is 6.80. The summed E-state index contributed by atoms with van der Waals surface area (Å²) >= 11 is 0. The molecule has 1 heterocycles. The van der Waals surface area contributed by atoms with Gasteiger partial charge < -0.3 is 16.4 Å². The van der Waals surface area contributed by atoms with E-state index in [0.29, 0.717) is 18.5 Å². The molecular weight excluding hydrogens is 242 g/mol. The van der Waals surface area contributed by atoms with Crippen LogP contribution < -0.4 is 16.4 Å². The van der Waals surface area contributed by atoms with Crippen molar-refractivity contribution in [1.82, 2.24) is 20.8 Å². The van der Waals surface area contributed by atoms with Crippen molar-refractivity contribution in [2.45, 2.75) is 26.7 Å². The molecule has 0 spiro atoms. The van der Waals surface area contributed by atoms with Crippen LogP contribution in [0.15, 0.2) is 4.99 Å². The fraction of sp³-hybridized carbons (Fsp3) is 0.583. The lowest BCUT2D eigenvalue weighted by atomic mass is 10.1. The topological polar surface area (TPSA) is 115 Å². The van der Waals surface area contributed by atoms with E-state index in [1.54, 1.807) is 0 Å². The summed E-state index contributed by atoms with van der Waals surface area (Å²) in [5.74, 6) is 1.08. The number of aromatic amines is 1. The first kappa shape index (κ1) is 14.8. The number of aryl methyl sites for hydroxylation is 1. The largest absolute Gasteiger partial charge is 0.381 e. The van der Waals surface area contributed by atoms with Gasteiger partial charge in [0.2, 0.25) is 0 Å². The quantitative estimate of drug-likeness (QED) is 0.336. The van der Waals surface area contributed by atoms with E-state index in [9.17, 15) is 0 Å². The number of rotatable bonds is 6. The fourth-order valence-electron chi connectivity index (χ4n) is 1.66. The fourth-order valence-corrected chi connectivity index (χ4v) is 1.66. The molecule has 1 rings (SSSR count). The first-order valence-electron chi connectivity index (χ1n) is 6.47. The molecule has 7 nitrogen and oxygen atoms in total. The number of hydrogen-bond donors (Lipinski definition) is 4. The van der Waals surface area contributed by atoms with Crippen molar-refractivity contribution in [3.63, 3.8) is 0 Å². The first-order valence-corrected chi connectivity index (χ1v) is 6.47. The smallest absolute Gasteiger partial charge is 0.191 e. The zero-order valence-electron chi connectivity index (χ0n) is 11.5. The highest BCUT2D eigenvalue weighted by molar-refractivity contribution is 5.79. The van der Waals surface area contributed by atoms with E-state index in [1.165, 1.54) is 0 Å². The van der Waals surface area contributed by atoms with Gasteiger partial charge in [0.15, 0.2) is 11.8 Å². The molecule has 104 valence electrons. The summed E-state index contributed by atoms with van der Waals surface area (Å²) in [5, 5.41) is 21.9. The van der Waals surface area contributed by atoms with E-state index in [1.807, 2.05) is 13.8 Å². The summed E-state index contributed by atoms with van der Waals surface area (Å²) in [6, 6.07) is 2.05. The zero-order chi connectivity index (χ0) is 14.1. The Kier molecular flexibility index (Phi) is 6.22. The number of anilines is 1. The van der Waals surface area contributed by atoms with E-state index >= 15 is 0 Å². The highest BCUT2D eigenvalue weighted by Gasteiger charge is 2.09. The molecule has 1 aromatic heterocycles. The van der Waals surface area contributed by atoms with Crippen LogP contribution in [-0.4, -0.2) is 35.8 Å². The van der Waals surface area contributed by atoms with Gasteiger partial charge in [0.25, 0.3) is 0 Å². The monoisotopic (exact) mass is 263 g/mol. The van der Waals surface area contributed by atoms with E-state index < -0.39 is 0 Å². The highest BCUT2D eigenvalue weighted by Crippen LogP contribution is 2.13. The molecule has 0 aliphatic carbocycles. The lowest BCUT2D eigenvalue weighted by Crippen LogP contribution is -2.37. The zero-order valence-corrected chi connectivity index (χ0v) is 11.5. The van der Waals surface area contributed by atoms with Gasteiger partial charge in [-0.15, -0.1) is 0 Å². The number of nitriles is 1. The number of hydrogen-bond acceptors (Lipinski definition) is 4. The molecule has 0 radical (unpaired) electrons. The lowest BCUT2D eigenvalue weighted by Gasteiger charge is -2.08. The van der Waals surface area contributed by atoms with Gasteiger partial charge in [-0.05, 0) is 26.7 Å². The number of guanidine groups is 1. The molecule has 0 unspecified atom stereocenters. The normalized spacial score (nSPS) is 9.74. The van der Waals surface area contributed by atoms with Gasteiger partial charge in [0.1, 0.15) is 11.6 Å². The molecule has 0 amide bonds. The average molecular weight is 263 g/mol. The molecule has 19 heavy (non-hydrogen) atoms. The number of nitrogens with one attached hydrogen (secondary N) is 3. The van der Waals surface area contributed by atoms with E-state index in [-0.39, 0.29) is 5.82 Å². The van der Waals surface area contributed by atoms with Gasteiger partial charge in [-0.2, -0.15) is 10.4 Å². The van der Waals surface area contributed by atoms with Crippen LogP contribution in [0.2, 0.25) is 0 Å². The van der Waals surface area contributed by atoms with E-state index in [0.717, 1.165) is 31.2 Å². The molecular formula is C12H21N7. The SMILES string of the molecule is CCNC(=NCCCc1[nH]nc(N)c1C#N)NCC. The maximum absolute atomic E-state index is 8.94. The van der Waals surface area contributed by atoms with Crippen molar-refractivity contribution in [1.29, 1.82) is 5.26 Å². The number of nitrogens with zero attached hydrogens (tertiary/aromatic N) is 3. The Bertz CT molecular complexity index is 447. The molecule has 0 saturated carbocycles. The average Bonchev–Trinajstić information content (AvgIpc) is 2.75. The minimum absolute atomic E-state index is 0.266. The summed E-state index contributed by atoms with van der Waals surface area (Å²) in [6.07, 6.45) is 1.54. The molecule has 0 aromatic carbocycles. The third-order valence-electron chi connectivity index (χ3n) is 2.52. The molecule has 0 aliphatic heterocycles. The Morgan fingerprint density at radius 3 is 2.68 bits per heavy atom. The minimum atomic E-state index is 0.266. The third-order valence-corrected chi connectivity index (χ3v) is 2.52. The molecule has 0 bridgehead atoms. The lowest BCUT2D eigenvalue weighted by molar-refractivity contribution is 0.779. The number of H-pyrrole nitrogens is 1. The predicted molar refractivity (Wildman–Crippen MR) is 75.7 cm³/mol. The molecule has 0 fully saturated rings. The Morgan fingerprint density at radius 2 is 2.11 bits per heavy atom. The number of nitrogens with two attached hydrogens (primary N) is 1. The van der Waals surface area contributed by atoms with Crippen LogP contribution in [0.5, 0.6) is 0 Å². The molecule has 7 heteroatoms. The summed E-state index contributed by atoms with van der Waals surface area (Å²) in [7, 11) is 0. The summed E-state index contributed by atoms with van der Waals surface area (Å²) < 4.78 is 0. The van der Waals surface area contributed by atoms with Crippen molar-refractivity contribution in [2.24, 2.45) is 4.99 Å². The van der Waals surface area contributed by atoms with E-state index in [4.69, 9.17) is 11.0 Å². The van der Waals surface area contributed by atoms with Gasteiger partial charge in [0, 0.05) is 19.6 Å². The minimum Gasteiger partial charge on any atom is -0.381 e. The second kappa shape index (κ2) is 7.97. The van der Waals surface area contributed by atoms with Gasteiger partial charge in [-0.25, -0.2) is 0 Å². The second-order valence-electron chi connectivity index (χ2n) is 3.97. The van der Waals surface area contributed by atoms with Gasteiger partial charge >= 0.3 is 0 Å². The van der Waals surface area contributed by atoms with Gasteiger partial charge in [-0.1, -0.05) is 0 Å². The van der Waals surface area contributed by atoms with Crippen molar-refractivity contribution in [3.8, 4) is 6.07 Å². The second-order valence-corrected chi connectivity index (χ2v) is 3.97. The standard InChI is InChI=1S/C12H21N7/c1-3-15-12(16-4-2)17-7-5-6-10-9(8-13)11(14)19-18-10/h3-7H2,1-2H3,(H3,14,18,19)(H2,15,16,17). The Hall–Kier alpha value is -2.23. The third kappa shape index (κ3) is 4.50. The first-order chi connectivity index (χ1) is 9.22. The maximum Gasteiger partial charge on any atom is 0.191 e. The van der Waals surface area contributed by atoms with Crippen LogP contribution in [-0.2, 0) is 6.42 Å². The van der Waals surface area contributed by atoms with Crippen LogP contribution in [0, 0.1) is 11.3 Å². The van der Waals surface area contributed by atoms with Crippen LogP contribution in [0.4, 0.5) is 5.82 Å². The van der Waals surface area contributed by atoms with Crippen LogP contribution >= 0.6 is 0 Å². The Morgan fingerprint density at radius 1 is 1.42 bits per heavy atom. The van der Waals surface area contributed by atoms with Crippen molar-refractivity contribution in [2.75, 3.05) is 25.4 Å². The van der Waals surface area contributed by atoms with Gasteiger partial charge in [-0.3, -0.25) is 10.1 Å². The Labute approximate surface area is 113 Å². The van der Waals surface area contributed by atoms with Crippen LogP contribution in [0.25, 0.3) is 0 Å². The van der Waals surface area contributed by atoms with E-state index in [2.05, 4.69) is 31.9 Å². The van der Waals surface area contributed by atoms with Gasteiger partial charge in [0.05, 0.1) is 5.69 Å². The molecule has 0 aliphatic rings. The number of nitrogen functional groups attached to an aromatic ring is 1. The van der Waals surface area contributed by atoms with Crippen molar-refractivity contribution in [3.05, 3.63) is 11.3 Å². The Balaban J connectivity index is 2.45. The van der Waals surface area contributed by atoms with Crippen molar-refractivity contribution >= 4 is 11.8 Å².